The number of hydrogen-bond acceptors (Lipinski definition) is 4. The van der Waals surface area contributed by atoms with E-state index in [1.807, 2.05) is 12.3 Å². The predicted octanol–water partition coefficient (Wildman–Crippen LogP) is 2.58. The molecule has 4 atom stereocenters. The second-order valence-corrected chi connectivity index (χ2v) is 6.58. The first-order chi connectivity index (χ1) is 9.61. The number of carbonyl (C=O) groups excluding carboxylic acids is 1. The van der Waals surface area contributed by atoms with Crippen molar-refractivity contribution in [3.63, 3.8) is 0 Å². The van der Waals surface area contributed by atoms with Gasteiger partial charge in [-0.05, 0) is 53.9 Å². The molecule has 0 radical (unpaired) electrons. The van der Waals surface area contributed by atoms with Gasteiger partial charge in [0.2, 0.25) is 0 Å². The van der Waals surface area contributed by atoms with E-state index in [1.165, 1.54) is 13.5 Å². The maximum Gasteiger partial charge on any atom is 0.310 e. The Hall–Kier alpha value is -0.940. The zero-order valence-electron chi connectivity index (χ0n) is 11.8. The van der Waals surface area contributed by atoms with Crippen molar-refractivity contribution in [1.29, 1.82) is 0 Å². The van der Waals surface area contributed by atoms with Gasteiger partial charge in [-0.3, -0.25) is 9.69 Å². The highest BCUT2D eigenvalue weighted by Crippen LogP contribution is 2.46. The van der Waals surface area contributed by atoms with Gasteiger partial charge < -0.3 is 4.74 Å². The molecule has 2 saturated heterocycles. The van der Waals surface area contributed by atoms with Crippen molar-refractivity contribution in [3.8, 4) is 0 Å². The highest BCUT2D eigenvalue weighted by atomic mass is 79.9. The van der Waals surface area contributed by atoms with Gasteiger partial charge in [0.1, 0.15) is 4.60 Å². The van der Waals surface area contributed by atoms with Crippen molar-refractivity contribution >= 4 is 21.9 Å². The molecule has 0 spiro atoms. The molecule has 20 heavy (non-hydrogen) atoms. The monoisotopic (exact) mass is 338 g/mol. The molecule has 108 valence electrons. The van der Waals surface area contributed by atoms with Crippen LogP contribution >= 0.6 is 15.9 Å². The molecule has 0 N–H and O–H groups in total. The van der Waals surface area contributed by atoms with Gasteiger partial charge in [-0.25, -0.2) is 4.98 Å². The van der Waals surface area contributed by atoms with E-state index in [0.29, 0.717) is 12.1 Å². The Morgan fingerprint density at radius 2 is 2.25 bits per heavy atom. The minimum Gasteiger partial charge on any atom is -0.469 e. The zero-order valence-corrected chi connectivity index (χ0v) is 13.3. The summed E-state index contributed by atoms with van der Waals surface area (Å²) in [5.41, 5.74) is 1.15. The molecule has 2 bridgehead atoms. The number of aromatic nitrogens is 1. The standard InChI is InChI=1S/C15H19BrN2O2/c1-18-10-4-5-12(18)14(15(19)20-2)11(7-10)9-3-6-13(16)17-8-9/h3,6,8,10-12,14H,4-5,7H2,1-2H3/t10-,11?,12?,14+/m1/s1. The number of nitrogens with zero attached hydrogens (tertiary/aromatic N) is 2. The molecule has 2 aliphatic heterocycles. The topological polar surface area (TPSA) is 42.4 Å². The van der Waals surface area contributed by atoms with Crippen LogP contribution in [0.3, 0.4) is 0 Å². The van der Waals surface area contributed by atoms with Gasteiger partial charge >= 0.3 is 5.97 Å². The van der Waals surface area contributed by atoms with E-state index in [4.69, 9.17) is 4.74 Å². The maximum atomic E-state index is 12.3. The lowest BCUT2D eigenvalue weighted by molar-refractivity contribution is -0.150. The Labute approximate surface area is 127 Å². The van der Waals surface area contributed by atoms with Gasteiger partial charge in [0.05, 0.1) is 13.0 Å². The van der Waals surface area contributed by atoms with Gasteiger partial charge in [-0.15, -0.1) is 0 Å². The lowest BCUT2D eigenvalue weighted by Gasteiger charge is -2.41. The Morgan fingerprint density at radius 3 is 2.90 bits per heavy atom. The fourth-order valence-electron chi connectivity index (χ4n) is 3.87. The molecule has 2 aliphatic rings. The van der Waals surface area contributed by atoms with Crippen molar-refractivity contribution in [2.24, 2.45) is 5.92 Å². The van der Waals surface area contributed by atoms with Crippen LogP contribution in [0.4, 0.5) is 0 Å². The summed E-state index contributed by atoms with van der Waals surface area (Å²) in [5, 5.41) is 0. The minimum atomic E-state index is -0.0879. The lowest BCUT2D eigenvalue weighted by atomic mass is 9.76. The third-order valence-corrected chi connectivity index (χ3v) is 5.39. The Morgan fingerprint density at radius 1 is 1.45 bits per heavy atom. The number of methoxy groups -OCH3 is 1. The quantitative estimate of drug-likeness (QED) is 0.614. The summed E-state index contributed by atoms with van der Waals surface area (Å²) in [7, 11) is 3.62. The SMILES string of the molecule is COC(=O)[C@H]1C(c2ccc(Br)nc2)C[C@H]2CCC1N2C. The number of fused-ring (bicyclic) bond motifs is 2. The van der Waals surface area contributed by atoms with E-state index in [2.05, 4.69) is 38.9 Å². The van der Waals surface area contributed by atoms with Crippen LogP contribution in [-0.4, -0.2) is 42.1 Å². The lowest BCUT2D eigenvalue weighted by Crippen LogP contribution is -2.49. The number of ether oxygens (including phenoxy) is 1. The zero-order chi connectivity index (χ0) is 14.3. The fraction of sp³-hybridized carbons (Fsp3) is 0.600. The summed E-state index contributed by atoms with van der Waals surface area (Å²) in [6.45, 7) is 0. The van der Waals surface area contributed by atoms with E-state index in [0.717, 1.165) is 23.0 Å². The van der Waals surface area contributed by atoms with Crippen molar-refractivity contribution in [2.75, 3.05) is 14.2 Å². The predicted molar refractivity (Wildman–Crippen MR) is 79.4 cm³/mol. The molecule has 0 amide bonds. The Kier molecular flexibility index (Phi) is 3.82. The Bertz CT molecular complexity index is 505. The molecule has 5 heteroatoms. The summed E-state index contributed by atoms with van der Waals surface area (Å²) in [6.07, 6.45) is 5.15. The molecule has 0 saturated carbocycles. The first-order valence-electron chi connectivity index (χ1n) is 7.03. The van der Waals surface area contributed by atoms with Gasteiger partial charge in [0, 0.05) is 24.2 Å². The van der Waals surface area contributed by atoms with Crippen LogP contribution < -0.4 is 0 Å². The second kappa shape index (κ2) is 5.45. The van der Waals surface area contributed by atoms with Crippen LogP contribution in [0.15, 0.2) is 22.9 Å². The normalized spacial score (nSPS) is 33.1. The molecule has 2 fully saturated rings. The molecular weight excluding hydrogens is 320 g/mol. The molecule has 4 nitrogen and oxygen atoms in total. The average molecular weight is 339 g/mol. The van der Waals surface area contributed by atoms with E-state index < -0.39 is 0 Å². The fourth-order valence-corrected chi connectivity index (χ4v) is 4.11. The third-order valence-electron chi connectivity index (χ3n) is 4.92. The van der Waals surface area contributed by atoms with E-state index in [9.17, 15) is 4.79 Å². The molecule has 0 aliphatic carbocycles. The maximum absolute atomic E-state index is 12.3. The number of halogens is 1. The van der Waals surface area contributed by atoms with Gasteiger partial charge in [-0.1, -0.05) is 6.07 Å². The highest BCUT2D eigenvalue weighted by molar-refractivity contribution is 9.10. The number of hydrogen-bond donors (Lipinski definition) is 0. The van der Waals surface area contributed by atoms with Crippen molar-refractivity contribution in [3.05, 3.63) is 28.5 Å². The number of rotatable bonds is 2. The number of pyridine rings is 1. The number of carbonyl (C=O) groups is 1. The largest absolute Gasteiger partial charge is 0.469 e. The molecule has 3 heterocycles. The van der Waals surface area contributed by atoms with Gasteiger partial charge in [-0.2, -0.15) is 0 Å². The van der Waals surface area contributed by atoms with Crippen LogP contribution in [0.5, 0.6) is 0 Å². The van der Waals surface area contributed by atoms with Crippen molar-refractivity contribution in [2.45, 2.75) is 37.3 Å². The van der Waals surface area contributed by atoms with E-state index >= 15 is 0 Å². The first kappa shape index (κ1) is 14.0. The smallest absolute Gasteiger partial charge is 0.310 e. The molecule has 3 rings (SSSR count). The molecule has 1 aromatic rings. The minimum absolute atomic E-state index is 0.0771. The molecular formula is C15H19BrN2O2. The van der Waals surface area contributed by atoms with Crippen LogP contribution in [0.1, 0.15) is 30.7 Å². The average Bonchev–Trinajstić information content (AvgIpc) is 2.70. The summed E-state index contributed by atoms with van der Waals surface area (Å²) < 4.78 is 5.89. The second-order valence-electron chi connectivity index (χ2n) is 5.77. The summed E-state index contributed by atoms with van der Waals surface area (Å²) >= 11 is 3.36. The van der Waals surface area contributed by atoms with E-state index in [-0.39, 0.29) is 17.8 Å². The Balaban J connectivity index is 1.95. The third kappa shape index (κ3) is 2.27. The molecule has 1 aromatic heterocycles. The molecule has 2 unspecified atom stereocenters. The summed E-state index contributed by atoms with van der Waals surface area (Å²) in [5.74, 6) is 0.0543. The number of esters is 1. The summed E-state index contributed by atoms with van der Waals surface area (Å²) in [6, 6.07) is 4.90. The van der Waals surface area contributed by atoms with Crippen molar-refractivity contribution in [1.82, 2.24) is 9.88 Å². The highest BCUT2D eigenvalue weighted by Gasteiger charge is 2.49. The van der Waals surface area contributed by atoms with Gasteiger partial charge in [0.15, 0.2) is 0 Å². The summed E-state index contributed by atoms with van der Waals surface area (Å²) in [4.78, 5) is 19.0. The number of piperidine rings is 1. The van der Waals surface area contributed by atoms with Crippen LogP contribution in [0.25, 0.3) is 0 Å². The van der Waals surface area contributed by atoms with Crippen LogP contribution in [-0.2, 0) is 9.53 Å². The van der Waals surface area contributed by atoms with E-state index in [1.54, 1.807) is 0 Å². The molecule has 0 aromatic carbocycles. The van der Waals surface area contributed by atoms with Crippen molar-refractivity contribution < 1.29 is 9.53 Å². The van der Waals surface area contributed by atoms with Crippen LogP contribution in [0, 0.1) is 5.92 Å². The van der Waals surface area contributed by atoms with Crippen LogP contribution in [0.2, 0.25) is 0 Å². The first-order valence-corrected chi connectivity index (χ1v) is 7.82. The van der Waals surface area contributed by atoms with Gasteiger partial charge in [0.25, 0.3) is 0 Å².